The minimum atomic E-state index is -0.127. The molecule has 0 bridgehead atoms. The Labute approximate surface area is 129 Å². The summed E-state index contributed by atoms with van der Waals surface area (Å²) in [7, 11) is 1.86. The molecule has 1 amide bonds. The molecule has 0 saturated carbocycles. The van der Waals surface area contributed by atoms with Gasteiger partial charge in [0.1, 0.15) is 0 Å². The fraction of sp³-hybridized carbons (Fsp3) is 0.176. The molecule has 0 fully saturated rings. The van der Waals surface area contributed by atoms with Gasteiger partial charge in [-0.15, -0.1) is 0 Å². The highest BCUT2D eigenvalue weighted by atomic mass is 16.1. The summed E-state index contributed by atoms with van der Waals surface area (Å²) in [5.41, 5.74) is 4.18. The van der Waals surface area contributed by atoms with Gasteiger partial charge >= 0.3 is 0 Å². The van der Waals surface area contributed by atoms with Crippen LogP contribution in [0.25, 0.3) is 5.69 Å². The van der Waals surface area contributed by atoms with E-state index in [1.165, 1.54) is 0 Å². The van der Waals surface area contributed by atoms with E-state index in [0.29, 0.717) is 5.56 Å². The number of rotatable bonds is 3. The number of anilines is 1. The van der Waals surface area contributed by atoms with Crippen molar-refractivity contribution in [3.8, 4) is 5.69 Å². The van der Waals surface area contributed by atoms with Crippen molar-refractivity contribution in [1.29, 1.82) is 0 Å². The maximum atomic E-state index is 12.4. The van der Waals surface area contributed by atoms with Crippen LogP contribution in [0.4, 0.5) is 5.69 Å². The second kappa shape index (κ2) is 5.52. The Bertz CT molecular complexity index is 798. The Morgan fingerprint density at radius 2 is 1.73 bits per heavy atom. The third-order valence-electron chi connectivity index (χ3n) is 3.78. The lowest BCUT2D eigenvalue weighted by Crippen LogP contribution is -2.13. The van der Waals surface area contributed by atoms with Gasteiger partial charge in [0.05, 0.1) is 17.1 Å². The average Bonchev–Trinajstić information content (AvgIpc) is 3.12. The normalized spacial score (nSPS) is 10.7. The minimum Gasteiger partial charge on any atom is -0.324 e. The number of nitrogens with one attached hydrogen (secondary N) is 1. The first-order valence-corrected chi connectivity index (χ1v) is 7.11. The number of nitrogens with zero attached hydrogens (tertiary/aromatic N) is 3. The first-order chi connectivity index (χ1) is 10.6. The minimum absolute atomic E-state index is 0.127. The topological polar surface area (TPSA) is 51.9 Å². The average molecular weight is 294 g/mol. The zero-order valence-electron chi connectivity index (χ0n) is 12.9. The standard InChI is InChI=1S/C17H18N4O/c1-12-16(13(2)20(3)19-12)18-17(22)14-6-8-15(9-7-14)21-10-4-5-11-21/h4-11H,1-3H3,(H,18,22). The predicted octanol–water partition coefficient (Wildman–Crippen LogP) is 3.08. The SMILES string of the molecule is Cc1nn(C)c(C)c1NC(=O)c1ccc(-n2cccc2)cc1. The molecule has 0 aliphatic heterocycles. The molecule has 0 radical (unpaired) electrons. The van der Waals surface area contributed by atoms with Gasteiger partial charge in [-0.25, -0.2) is 0 Å². The fourth-order valence-corrected chi connectivity index (χ4v) is 2.43. The van der Waals surface area contributed by atoms with Gasteiger partial charge < -0.3 is 9.88 Å². The second-order valence-electron chi connectivity index (χ2n) is 5.26. The van der Waals surface area contributed by atoms with E-state index in [1.54, 1.807) is 4.68 Å². The maximum Gasteiger partial charge on any atom is 0.255 e. The number of carbonyl (C=O) groups is 1. The summed E-state index contributed by atoms with van der Waals surface area (Å²) in [6.07, 6.45) is 3.94. The lowest BCUT2D eigenvalue weighted by atomic mass is 10.2. The number of aryl methyl sites for hydroxylation is 2. The van der Waals surface area contributed by atoms with Crippen molar-refractivity contribution >= 4 is 11.6 Å². The van der Waals surface area contributed by atoms with Gasteiger partial charge in [0.15, 0.2) is 0 Å². The van der Waals surface area contributed by atoms with Crippen LogP contribution in [0.1, 0.15) is 21.7 Å². The quantitative estimate of drug-likeness (QED) is 0.807. The van der Waals surface area contributed by atoms with E-state index >= 15 is 0 Å². The van der Waals surface area contributed by atoms with E-state index in [1.807, 2.05) is 74.3 Å². The summed E-state index contributed by atoms with van der Waals surface area (Å²) in [6.45, 7) is 3.82. The highest BCUT2D eigenvalue weighted by Gasteiger charge is 2.13. The van der Waals surface area contributed by atoms with E-state index in [9.17, 15) is 4.79 Å². The van der Waals surface area contributed by atoms with Gasteiger partial charge in [-0.2, -0.15) is 5.10 Å². The highest BCUT2D eigenvalue weighted by Crippen LogP contribution is 2.19. The van der Waals surface area contributed by atoms with Crippen molar-refractivity contribution < 1.29 is 4.79 Å². The van der Waals surface area contributed by atoms with Gasteiger partial charge in [-0.1, -0.05) is 0 Å². The third kappa shape index (κ3) is 2.53. The Hall–Kier alpha value is -2.82. The van der Waals surface area contributed by atoms with Crippen LogP contribution in [-0.4, -0.2) is 20.3 Å². The Morgan fingerprint density at radius 3 is 2.27 bits per heavy atom. The Kier molecular flexibility index (Phi) is 3.55. The van der Waals surface area contributed by atoms with E-state index in [0.717, 1.165) is 22.8 Å². The summed E-state index contributed by atoms with van der Waals surface area (Å²) >= 11 is 0. The zero-order chi connectivity index (χ0) is 15.7. The molecule has 0 spiro atoms. The number of hydrogen-bond acceptors (Lipinski definition) is 2. The molecule has 2 aromatic heterocycles. The number of benzene rings is 1. The van der Waals surface area contributed by atoms with Gasteiger partial charge in [0.2, 0.25) is 0 Å². The highest BCUT2D eigenvalue weighted by molar-refractivity contribution is 6.04. The van der Waals surface area contributed by atoms with Gasteiger partial charge in [0.25, 0.3) is 5.91 Å². The van der Waals surface area contributed by atoms with Crippen molar-refractivity contribution in [2.45, 2.75) is 13.8 Å². The largest absolute Gasteiger partial charge is 0.324 e. The van der Waals surface area contributed by atoms with Crippen LogP contribution in [0.15, 0.2) is 48.8 Å². The Balaban J connectivity index is 1.81. The van der Waals surface area contributed by atoms with E-state index in [-0.39, 0.29) is 5.91 Å². The summed E-state index contributed by atoms with van der Waals surface area (Å²) in [6, 6.07) is 11.4. The molecule has 3 rings (SSSR count). The number of hydrogen-bond donors (Lipinski definition) is 1. The van der Waals surface area contributed by atoms with Crippen LogP contribution in [0.2, 0.25) is 0 Å². The summed E-state index contributed by atoms with van der Waals surface area (Å²) in [5, 5.41) is 7.24. The monoisotopic (exact) mass is 294 g/mol. The smallest absolute Gasteiger partial charge is 0.255 e. The van der Waals surface area contributed by atoms with Crippen molar-refractivity contribution in [2.75, 3.05) is 5.32 Å². The van der Waals surface area contributed by atoms with Crippen LogP contribution >= 0.6 is 0 Å². The molecule has 112 valence electrons. The molecule has 2 heterocycles. The Morgan fingerprint density at radius 1 is 1.09 bits per heavy atom. The van der Waals surface area contributed by atoms with E-state index in [4.69, 9.17) is 0 Å². The molecule has 1 N–H and O–H groups in total. The van der Waals surface area contributed by atoms with Crippen molar-refractivity contribution in [3.05, 3.63) is 65.7 Å². The van der Waals surface area contributed by atoms with Gasteiger partial charge in [-0.3, -0.25) is 9.48 Å². The molecular formula is C17H18N4O. The lowest BCUT2D eigenvalue weighted by molar-refractivity contribution is 0.102. The first kappa shape index (κ1) is 14.1. The van der Waals surface area contributed by atoms with Crippen LogP contribution in [0.3, 0.4) is 0 Å². The van der Waals surface area contributed by atoms with Crippen LogP contribution in [-0.2, 0) is 7.05 Å². The second-order valence-corrected chi connectivity index (χ2v) is 5.26. The van der Waals surface area contributed by atoms with Crippen molar-refractivity contribution in [1.82, 2.24) is 14.3 Å². The van der Waals surface area contributed by atoms with Crippen LogP contribution in [0, 0.1) is 13.8 Å². The zero-order valence-corrected chi connectivity index (χ0v) is 12.9. The number of aromatic nitrogens is 3. The molecule has 5 heteroatoms. The number of carbonyl (C=O) groups excluding carboxylic acids is 1. The molecule has 22 heavy (non-hydrogen) atoms. The molecule has 0 aliphatic rings. The summed E-state index contributed by atoms with van der Waals surface area (Å²) in [5.74, 6) is -0.127. The van der Waals surface area contributed by atoms with Crippen molar-refractivity contribution in [2.24, 2.45) is 7.05 Å². The van der Waals surface area contributed by atoms with Crippen molar-refractivity contribution in [3.63, 3.8) is 0 Å². The molecule has 5 nitrogen and oxygen atoms in total. The summed E-state index contributed by atoms with van der Waals surface area (Å²) in [4.78, 5) is 12.4. The molecule has 0 atom stereocenters. The van der Waals surface area contributed by atoms with Crippen LogP contribution < -0.4 is 5.32 Å². The maximum absolute atomic E-state index is 12.4. The molecule has 0 aliphatic carbocycles. The summed E-state index contributed by atoms with van der Waals surface area (Å²) < 4.78 is 3.76. The third-order valence-corrected chi connectivity index (χ3v) is 3.78. The molecule has 0 unspecified atom stereocenters. The number of amides is 1. The molecular weight excluding hydrogens is 276 g/mol. The molecule has 3 aromatic rings. The first-order valence-electron chi connectivity index (χ1n) is 7.11. The van der Waals surface area contributed by atoms with E-state index in [2.05, 4.69) is 10.4 Å². The van der Waals surface area contributed by atoms with E-state index < -0.39 is 0 Å². The molecule has 0 saturated heterocycles. The van der Waals surface area contributed by atoms with Crippen LogP contribution in [0.5, 0.6) is 0 Å². The fourth-order valence-electron chi connectivity index (χ4n) is 2.43. The van der Waals surface area contributed by atoms with Gasteiger partial charge in [0, 0.05) is 30.7 Å². The molecule has 1 aromatic carbocycles. The van der Waals surface area contributed by atoms with Gasteiger partial charge in [-0.05, 0) is 50.2 Å². The predicted molar refractivity (Wildman–Crippen MR) is 86.4 cm³/mol. The lowest BCUT2D eigenvalue weighted by Gasteiger charge is -2.07.